The van der Waals surface area contributed by atoms with Crippen LogP contribution in [-0.4, -0.2) is 60.9 Å². The van der Waals surface area contributed by atoms with Gasteiger partial charge in [-0.3, -0.25) is 4.98 Å². The molecule has 1 aromatic carbocycles. The van der Waals surface area contributed by atoms with Crippen LogP contribution in [0.4, 0.5) is 13.2 Å². The molecular formula is C22H25ClF3N3O3S. The van der Waals surface area contributed by atoms with Crippen LogP contribution in [0, 0.1) is 0 Å². The molecule has 0 spiro atoms. The first-order valence-corrected chi connectivity index (χ1v) is 12.6. The van der Waals surface area contributed by atoms with E-state index in [-0.39, 0.29) is 30.1 Å². The van der Waals surface area contributed by atoms with Crippen molar-refractivity contribution in [3.63, 3.8) is 0 Å². The number of pyridine rings is 1. The number of hydrogen-bond acceptors (Lipinski definition) is 5. The monoisotopic (exact) mass is 503 g/mol. The topological polar surface area (TPSA) is 62.7 Å². The third-order valence-electron chi connectivity index (χ3n) is 6.25. The molecule has 0 radical (unpaired) electrons. The van der Waals surface area contributed by atoms with Gasteiger partial charge in [-0.15, -0.1) is 0 Å². The minimum absolute atomic E-state index is 0.136. The number of alkyl halides is 3. The lowest BCUT2D eigenvalue weighted by atomic mass is 10.00. The fourth-order valence-electron chi connectivity index (χ4n) is 4.45. The summed E-state index contributed by atoms with van der Waals surface area (Å²) >= 11 is 5.63. The van der Waals surface area contributed by atoms with Gasteiger partial charge in [-0.25, -0.2) is 8.42 Å². The van der Waals surface area contributed by atoms with Crippen molar-refractivity contribution in [3.8, 4) is 5.75 Å². The maximum Gasteiger partial charge on any atom is 0.417 e. The maximum atomic E-state index is 13.2. The van der Waals surface area contributed by atoms with E-state index >= 15 is 0 Å². The van der Waals surface area contributed by atoms with Gasteiger partial charge < -0.3 is 9.64 Å². The third kappa shape index (κ3) is 5.62. The van der Waals surface area contributed by atoms with Crippen molar-refractivity contribution in [1.29, 1.82) is 0 Å². The average Bonchev–Trinajstić information content (AvgIpc) is 2.80. The molecule has 2 aliphatic heterocycles. The number of sulfonamides is 1. The van der Waals surface area contributed by atoms with Crippen LogP contribution in [0.2, 0.25) is 5.02 Å². The van der Waals surface area contributed by atoms with E-state index in [9.17, 15) is 21.6 Å². The summed E-state index contributed by atoms with van der Waals surface area (Å²) in [7, 11) is -4.03. The summed E-state index contributed by atoms with van der Waals surface area (Å²) in [6.45, 7) is 2.26. The largest absolute Gasteiger partial charge is 0.490 e. The molecule has 33 heavy (non-hydrogen) atoms. The van der Waals surface area contributed by atoms with E-state index in [1.807, 2.05) is 12.1 Å². The predicted molar refractivity (Wildman–Crippen MR) is 118 cm³/mol. The van der Waals surface area contributed by atoms with Crippen LogP contribution in [-0.2, 0) is 16.2 Å². The molecule has 0 unspecified atom stereocenters. The molecular weight excluding hydrogens is 479 g/mol. The van der Waals surface area contributed by atoms with Crippen LogP contribution in [0.5, 0.6) is 5.75 Å². The molecule has 4 rings (SSSR count). The Hall–Kier alpha value is -1.88. The Morgan fingerprint density at radius 3 is 2.21 bits per heavy atom. The number of piperidine rings is 2. The van der Waals surface area contributed by atoms with E-state index in [0.29, 0.717) is 18.9 Å². The second kappa shape index (κ2) is 9.77. The Kier molecular flexibility index (Phi) is 7.18. The molecule has 2 fully saturated rings. The van der Waals surface area contributed by atoms with Crippen molar-refractivity contribution < 1.29 is 26.3 Å². The van der Waals surface area contributed by atoms with Gasteiger partial charge in [0.15, 0.2) is 0 Å². The van der Waals surface area contributed by atoms with Crippen molar-refractivity contribution in [3.05, 3.63) is 53.3 Å². The second-order valence-electron chi connectivity index (χ2n) is 8.31. The van der Waals surface area contributed by atoms with E-state index in [0.717, 1.165) is 43.8 Å². The van der Waals surface area contributed by atoms with Crippen molar-refractivity contribution in [1.82, 2.24) is 14.2 Å². The van der Waals surface area contributed by atoms with Gasteiger partial charge in [-0.2, -0.15) is 17.5 Å². The smallest absolute Gasteiger partial charge is 0.417 e. The highest BCUT2D eigenvalue weighted by atomic mass is 35.5. The number of likely N-dealkylation sites (tertiary alicyclic amines) is 1. The highest BCUT2D eigenvalue weighted by Gasteiger charge is 2.37. The van der Waals surface area contributed by atoms with Gasteiger partial charge in [0, 0.05) is 44.6 Å². The molecule has 2 aromatic rings. The normalized spacial score (nSPS) is 20.1. The first-order valence-electron chi connectivity index (χ1n) is 10.8. The lowest BCUT2D eigenvalue weighted by molar-refractivity contribution is -0.137. The summed E-state index contributed by atoms with van der Waals surface area (Å²) in [5.74, 6) is 0.804. The standard InChI is InChI=1S/C22H25ClF3N3O3S/c23-21-2-1-19(15-20(21)22(24,25)26)33(30,31)29-13-5-16(6-14-29)28-11-7-18(8-12-28)32-17-3-9-27-10-4-17/h1-4,9-10,15-16,18H,5-8,11-14H2. The second-order valence-corrected chi connectivity index (χ2v) is 10.7. The quantitative estimate of drug-likeness (QED) is 0.603. The maximum absolute atomic E-state index is 13.2. The number of halogens is 4. The Morgan fingerprint density at radius 2 is 1.61 bits per heavy atom. The Bertz CT molecular complexity index is 1050. The molecule has 11 heteroatoms. The first-order chi connectivity index (χ1) is 15.6. The third-order valence-corrected chi connectivity index (χ3v) is 8.47. The molecule has 0 amide bonds. The van der Waals surface area contributed by atoms with Gasteiger partial charge >= 0.3 is 6.18 Å². The summed E-state index contributed by atoms with van der Waals surface area (Å²) < 4.78 is 72.7. The zero-order valence-electron chi connectivity index (χ0n) is 17.8. The Morgan fingerprint density at radius 1 is 0.970 bits per heavy atom. The van der Waals surface area contributed by atoms with E-state index in [4.69, 9.17) is 16.3 Å². The van der Waals surface area contributed by atoms with Gasteiger partial charge in [-0.1, -0.05) is 11.6 Å². The lowest BCUT2D eigenvalue weighted by Gasteiger charge is -2.41. The van der Waals surface area contributed by atoms with Crippen LogP contribution in [0.25, 0.3) is 0 Å². The molecule has 0 saturated carbocycles. The highest BCUT2D eigenvalue weighted by molar-refractivity contribution is 7.89. The van der Waals surface area contributed by atoms with Crippen LogP contribution in [0.15, 0.2) is 47.6 Å². The number of hydrogen-bond donors (Lipinski definition) is 0. The molecule has 2 saturated heterocycles. The Balaban J connectivity index is 1.33. The number of benzene rings is 1. The van der Waals surface area contributed by atoms with E-state index in [2.05, 4.69) is 9.88 Å². The van der Waals surface area contributed by atoms with E-state index in [1.54, 1.807) is 12.4 Å². The van der Waals surface area contributed by atoms with E-state index in [1.165, 1.54) is 4.31 Å². The summed E-state index contributed by atoms with van der Waals surface area (Å²) in [5.41, 5.74) is -1.14. The number of ether oxygens (including phenoxy) is 1. The zero-order chi connectivity index (χ0) is 23.6. The van der Waals surface area contributed by atoms with Crippen LogP contribution in [0.1, 0.15) is 31.2 Å². The summed E-state index contributed by atoms with van der Waals surface area (Å²) in [6.07, 6.45) is 1.84. The van der Waals surface area contributed by atoms with Gasteiger partial charge in [0.1, 0.15) is 11.9 Å². The van der Waals surface area contributed by atoms with Crippen molar-refractivity contribution in [2.45, 2.75) is 48.9 Å². The molecule has 0 N–H and O–H groups in total. The van der Waals surface area contributed by atoms with Crippen molar-refractivity contribution >= 4 is 21.6 Å². The van der Waals surface area contributed by atoms with Gasteiger partial charge in [0.25, 0.3) is 0 Å². The minimum atomic E-state index is -4.72. The van der Waals surface area contributed by atoms with Gasteiger partial charge in [-0.05, 0) is 56.0 Å². The van der Waals surface area contributed by atoms with Crippen LogP contribution in [0.3, 0.4) is 0 Å². The minimum Gasteiger partial charge on any atom is -0.490 e. The van der Waals surface area contributed by atoms with Crippen LogP contribution < -0.4 is 4.74 Å². The Labute approximate surface area is 196 Å². The molecule has 0 aliphatic carbocycles. The first kappa shape index (κ1) is 24.3. The number of rotatable bonds is 5. The van der Waals surface area contributed by atoms with Gasteiger partial charge in [0.2, 0.25) is 10.0 Å². The molecule has 180 valence electrons. The number of aromatic nitrogens is 1. The zero-order valence-corrected chi connectivity index (χ0v) is 19.4. The molecule has 6 nitrogen and oxygen atoms in total. The molecule has 1 aromatic heterocycles. The fraction of sp³-hybridized carbons (Fsp3) is 0.500. The van der Waals surface area contributed by atoms with Crippen molar-refractivity contribution in [2.24, 2.45) is 0 Å². The summed E-state index contributed by atoms with van der Waals surface area (Å²) in [6, 6.07) is 6.66. The molecule has 3 heterocycles. The number of nitrogens with zero attached hydrogens (tertiary/aromatic N) is 3. The molecule has 0 bridgehead atoms. The molecule has 0 atom stereocenters. The fourth-order valence-corrected chi connectivity index (χ4v) is 6.17. The predicted octanol–water partition coefficient (Wildman–Crippen LogP) is 4.45. The average molecular weight is 504 g/mol. The van der Waals surface area contributed by atoms with Gasteiger partial charge in [0.05, 0.1) is 15.5 Å². The summed E-state index contributed by atoms with van der Waals surface area (Å²) in [5, 5.41) is -0.517. The highest BCUT2D eigenvalue weighted by Crippen LogP contribution is 2.37. The SMILES string of the molecule is O=S(=O)(c1ccc(Cl)c(C(F)(F)F)c1)N1CCC(N2CCC(Oc3ccncc3)CC2)CC1. The summed E-state index contributed by atoms with van der Waals surface area (Å²) in [4.78, 5) is 5.96. The molecule has 2 aliphatic rings. The van der Waals surface area contributed by atoms with Crippen LogP contribution >= 0.6 is 11.6 Å². The van der Waals surface area contributed by atoms with Crippen molar-refractivity contribution in [2.75, 3.05) is 26.2 Å². The lowest BCUT2D eigenvalue weighted by Crippen LogP contribution is -2.50. The van der Waals surface area contributed by atoms with E-state index < -0.39 is 26.8 Å².